The first-order valence-corrected chi connectivity index (χ1v) is 11.4. The summed E-state index contributed by atoms with van der Waals surface area (Å²) in [5.41, 5.74) is 5.22. The summed E-state index contributed by atoms with van der Waals surface area (Å²) in [4.78, 5) is 65.6. The summed E-state index contributed by atoms with van der Waals surface area (Å²) in [6.45, 7) is 1.89. The number of benzene rings is 2. The van der Waals surface area contributed by atoms with Gasteiger partial charge in [-0.1, -0.05) is 11.6 Å². The van der Waals surface area contributed by atoms with Gasteiger partial charge in [-0.2, -0.15) is 0 Å². The van der Waals surface area contributed by atoms with Gasteiger partial charge >= 0.3 is 5.97 Å². The molecule has 10 nitrogen and oxygen atoms in total. The van der Waals surface area contributed by atoms with Crippen LogP contribution in [0.5, 0.6) is 0 Å². The van der Waals surface area contributed by atoms with Crippen LogP contribution in [0.4, 0.5) is 11.4 Å². The first-order valence-electron chi connectivity index (χ1n) is 11.0. The highest BCUT2D eigenvalue weighted by atomic mass is 35.5. The van der Waals surface area contributed by atoms with Crippen molar-refractivity contribution in [3.63, 3.8) is 0 Å². The van der Waals surface area contributed by atoms with Gasteiger partial charge in [-0.15, -0.1) is 0 Å². The van der Waals surface area contributed by atoms with Crippen molar-refractivity contribution in [2.45, 2.75) is 24.9 Å². The van der Waals surface area contributed by atoms with Crippen LogP contribution in [0.25, 0.3) is 0 Å². The Morgan fingerprint density at radius 3 is 2.49 bits per heavy atom. The molecule has 2 fully saturated rings. The largest absolute Gasteiger partial charge is 0.462 e. The molecule has 0 aliphatic carbocycles. The van der Waals surface area contributed by atoms with Gasteiger partial charge in [0.2, 0.25) is 23.6 Å². The number of halogens is 1. The lowest BCUT2D eigenvalue weighted by Crippen LogP contribution is -2.53. The molecule has 3 aliphatic rings. The third kappa shape index (κ3) is 3.32. The average molecular weight is 497 g/mol. The zero-order valence-corrected chi connectivity index (χ0v) is 19.3. The van der Waals surface area contributed by atoms with Crippen LogP contribution in [0.15, 0.2) is 42.5 Å². The zero-order valence-electron chi connectivity index (χ0n) is 18.5. The van der Waals surface area contributed by atoms with Crippen LogP contribution < -0.4 is 21.3 Å². The number of imide groups is 1. The van der Waals surface area contributed by atoms with Gasteiger partial charge in [0.15, 0.2) is 0 Å². The van der Waals surface area contributed by atoms with Crippen molar-refractivity contribution in [3.05, 3.63) is 58.6 Å². The van der Waals surface area contributed by atoms with Crippen molar-refractivity contribution in [1.82, 2.24) is 5.32 Å². The lowest BCUT2D eigenvalue weighted by Gasteiger charge is -2.29. The molecule has 2 saturated heterocycles. The number of esters is 1. The summed E-state index contributed by atoms with van der Waals surface area (Å²) in [6.07, 6.45) is -0.249. The maximum Gasteiger partial charge on any atom is 0.338 e. The molecule has 2 aromatic carbocycles. The van der Waals surface area contributed by atoms with Crippen molar-refractivity contribution in [1.29, 1.82) is 0 Å². The number of nitrogens with zero attached hydrogens (tertiary/aromatic N) is 1. The Kier molecular flexibility index (Phi) is 5.37. The number of carbonyl (C=O) groups excluding carboxylic acids is 5. The molecule has 1 spiro atoms. The number of amides is 4. The number of nitrogens with one attached hydrogen (secondary N) is 2. The predicted octanol–water partition coefficient (Wildman–Crippen LogP) is 1.32. The molecule has 4 atom stereocenters. The summed E-state index contributed by atoms with van der Waals surface area (Å²) in [5.74, 6) is -5.05. The van der Waals surface area contributed by atoms with E-state index < -0.39 is 53.0 Å². The van der Waals surface area contributed by atoms with Gasteiger partial charge in [0.25, 0.3) is 0 Å². The molecule has 0 aromatic heterocycles. The van der Waals surface area contributed by atoms with E-state index in [1.165, 1.54) is 24.3 Å². The molecule has 0 saturated carbocycles. The van der Waals surface area contributed by atoms with Crippen LogP contribution in [0.3, 0.4) is 0 Å². The van der Waals surface area contributed by atoms with Crippen LogP contribution in [0.1, 0.15) is 29.3 Å². The normalized spacial score (nSPS) is 26.6. The number of ether oxygens (including phenoxy) is 1. The van der Waals surface area contributed by atoms with Crippen molar-refractivity contribution < 1.29 is 28.7 Å². The fourth-order valence-electron chi connectivity index (χ4n) is 5.38. The maximum atomic E-state index is 13.8. The van der Waals surface area contributed by atoms with E-state index in [1.54, 1.807) is 25.1 Å². The minimum Gasteiger partial charge on any atom is -0.462 e. The van der Waals surface area contributed by atoms with E-state index in [9.17, 15) is 24.0 Å². The highest BCUT2D eigenvalue weighted by molar-refractivity contribution is 6.31. The number of carbonyl (C=O) groups is 5. The minimum absolute atomic E-state index is 0.205. The highest BCUT2D eigenvalue weighted by Crippen LogP contribution is 2.54. The Hall–Kier alpha value is -3.76. The van der Waals surface area contributed by atoms with Crippen molar-refractivity contribution in [3.8, 4) is 0 Å². The molecule has 4 unspecified atom stereocenters. The molecule has 3 heterocycles. The molecule has 0 radical (unpaired) electrons. The first kappa shape index (κ1) is 23.0. The Morgan fingerprint density at radius 2 is 1.83 bits per heavy atom. The number of primary amides is 1. The zero-order chi connectivity index (χ0) is 25.1. The SMILES string of the molecule is CCOC(=O)c1ccc(N2C(=O)C3C(CC(N)=O)NC4(C(=O)Nc5ccc(Cl)cc54)C3C2=O)cc1. The van der Waals surface area contributed by atoms with E-state index in [0.717, 1.165) is 4.90 Å². The molecule has 2 aromatic rings. The summed E-state index contributed by atoms with van der Waals surface area (Å²) in [5, 5.41) is 6.21. The van der Waals surface area contributed by atoms with Crippen molar-refractivity contribution in [2.24, 2.45) is 17.6 Å². The molecule has 11 heteroatoms. The monoisotopic (exact) mass is 496 g/mol. The molecular formula is C24H21ClN4O6. The number of fused-ring (bicyclic) bond motifs is 4. The molecule has 35 heavy (non-hydrogen) atoms. The van der Waals surface area contributed by atoms with Gasteiger partial charge in [0.1, 0.15) is 5.54 Å². The number of anilines is 2. The highest BCUT2D eigenvalue weighted by Gasteiger charge is 2.70. The topological polar surface area (TPSA) is 148 Å². The minimum atomic E-state index is -1.60. The van der Waals surface area contributed by atoms with Crippen LogP contribution in [0.2, 0.25) is 5.02 Å². The second-order valence-electron chi connectivity index (χ2n) is 8.66. The van der Waals surface area contributed by atoms with Gasteiger partial charge < -0.3 is 15.8 Å². The molecule has 3 aliphatic heterocycles. The summed E-state index contributed by atoms with van der Waals surface area (Å²) >= 11 is 6.21. The van der Waals surface area contributed by atoms with E-state index in [0.29, 0.717) is 16.3 Å². The van der Waals surface area contributed by atoms with E-state index in [4.69, 9.17) is 22.1 Å². The molecule has 5 rings (SSSR count). The van der Waals surface area contributed by atoms with Crippen molar-refractivity contribution >= 4 is 52.6 Å². The Morgan fingerprint density at radius 1 is 1.11 bits per heavy atom. The smallest absolute Gasteiger partial charge is 0.338 e. The number of hydrogen-bond acceptors (Lipinski definition) is 7. The Bertz CT molecular complexity index is 1300. The summed E-state index contributed by atoms with van der Waals surface area (Å²) in [7, 11) is 0. The summed E-state index contributed by atoms with van der Waals surface area (Å²) in [6, 6.07) is 9.77. The van der Waals surface area contributed by atoms with Gasteiger partial charge in [-0.05, 0) is 49.4 Å². The molecular weight excluding hydrogens is 476 g/mol. The number of hydrogen-bond donors (Lipinski definition) is 3. The summed E-state index contributed by atoms with van der Waals surface area (Å²) < 4.78 is 4.97. The lowest BCUT2D eigenvalue weighted by molar-refractivity contribution is -0.130. The molecule has 4 amide bonds. The lowest BCUT2D eigenvalue weighted by atomic mass is 9.76. The van der Waals surface area contributed by atoms with Crippen LogP contribution in [-0.2, 0) is 29.5 Å². The van der Waals surface area contributed by atoms with E-state index in [1.807, 2.05) is 0 Å². The number of rotatable bonds is 5. The second-order valence-corrected chi connectivity index (χ2v) is 9.09. The standard InChI is InChI=1S/C24H21ClN4O6/c1-2-35-22(33)11-3-6-13(7-4-11)29-20(31)18-16(10-17(26)30)28-24(19(18)21(29)32)14-9-12(25)5-8-15(14)27-23(24)34/h3-9,16,18-19,28H,2,10H2,1H3,(H2,26,30)(H,27,34). The fraction of sp³-hybridized carbons (Fsp3) is 0.292. The van der Waals surface area contributed by atoms with Gasteiger partial charge in [0.05, 0.1) is 29.7 Å². The Labute approximate surface area is 204 Å². The molecule has 0 bridgehead atoms. The third-order valence-electron chi connectivity index (χ3n) is 6.73. The number of nitrogens with two attached hydrogens (primary N) is 1. The van der Waals surface area contributed by atoms with E-state index in [2.05, 4.69) is 10.6 Å². The van der Waals surface area contributed by atoms with Crippen LogP contribution in [-0.4, -0.2) is 42.2 Å². The van der Waals surface area contributed by atoms with E-state index >= 15 is 0 Å². The van der Waals surface area contributed by atoms with Crippen LogP contribution in [0, 0.1) is 11.8 Å². The fourth-order valence-corrected chi connectivity index (χ4v) is 5.55. The maximum absolute atomic E-state index is 13.8. The molecule has 4 N–H and O–H groups in total. The Balaban J connectivity index is 1.59. The van der Waals surface area contributed by atoms with Gasteiger partial charge in [-0.3, -0.25) is 24.5 Å². The average Bonchev–Trinajstić information content (AvgIpc) is 3.38. The predicted molar refractivity (Wildman–Crippen MR) is 124 cm³/mol. The van der Waals surface area contributed by atoms with Gasteiger partial charge in [0, 0.05) is 28.7 Å². The quantitative estimate of drug-likeness (QED) is 0.417. The second kappa shape index (κ2) is 8.17. The molecule has 180 valence electrons. The first-order chi connectivity index (χ1) is 16.7. The van der Waals surface area contributed by atoms with Crippen molar-refractivity contribution in [2.75, 3.05) is 16.8 Å². The third-order valence-corrected chi connectivity index (χ3v) is 6.97. The van der Waals surface area contributed by atoms with Gasteiger partial charge in [-0.25, -0.2) is 9.69 Å². The van der Waals surface area contributed by atoms with Crippen LogP contribution >= 0.6 is 11.6 Å². The van der Waals surface area contributed by atoms with E-state index in [-0.39, 0.29) is 24.3 Å².